The highest BCUT2D eigenvalue weighted by molar-refractivity contribution is 5.40. The molecule has 1 aromatic rings. The van der Waals surface area contributed by atoms with Gasteiger partial charge in [0.1, 0.15) is 11.5 Å². The average molecular weight is 263 g/mol. The van der Waals surface area contributed by atoms with Crippen molar-refractivity contribution in [2.45, 2.75) is 45.2 Å². The molecule has 0 radical (unpaired) electrons. The van der Waals surface area contributed by atoms with Crippen molar-refractivity contribution in [3.63, 3.8) is 0 Å². The Morgan fingerprint density at radius 1 is 1.26 bits per heavy atom. The molecule has 2 rings (SSSR count). The molecule has 1 fully saturated rings. The first-order chi connectivity index (χ1) is 9.26. The molecule has 1 N–H and O–H groups in total. The third-order valence-electron chi connectivity index (χ3n) is 3.88. The van der Waals surface area contributed by atoms with Crippen LogP contribution in [-0.2, 0) is 6.54 Å². The summed E-state index contributed by atoms with van der Waals surface area (Å²) < 4.78 is 10.6. The van der Waals surface area contributed by atoms with Crippen LogP contribution in [0, 0.1) is 5.92 Å². The lowest BCUT2D eigenvalue weighted by molar-refractivity contribution is 0.385. The zero-order chi connectivity index (χ0) is 13.7. The van der Waals surface area contributed by atoms with Gasteiger partial charge in [0, 0.05) is 24.2 Å². The van der Waals surface area contributed by atoms with Crippen LogP contribution in [0.15, 0.2) is 18.2 Å². The third-order valence-corrected chi connectivity index (χ3v) is 3.88. The topological polar surface area (TPSA) is 30.5 Å². The summed E-state index contributed by atoms with van der Waals surface area (Å²) in [6, 6.07) is 6.63. The van der Waals surface area contributed by atoms with Crippen LogP contribution in [0.3, 0.4) is 0 Å². The van der Waals surface area contributed by atoms with Gasteiger partial charge in [0.05, 0.1) is 14.2 Å². The molecule has 106 valence electrons. The Morgan fingerprint density at radius 3 is 2.63 bits per heavy atom. The van der Waals surface area contributed by atoms with Gasteiger partial charge in [0.15, 0.2) is 0 Å². The van der Waals surface area contributed by atoms with Crippen LogP contribution in [0.5, 0.6) is 11.5 Å². The Hall–Kier alpha value is -1.22. The molecule has 3 heteroatoms. The number of rotatable bonds is 8. The molecular weight excluding hydrogens is 238 g/mol. The van der Waals surface area contributed by atoms with Crippen LogP contribution in [0.25, 0.3) is 0 Å². The van der Waals surface area contributed by atoms with Gasteiger partial charge in [-0.3, -0.25) is 0 Å². The third kappa shape index (κ3) is 4.13. The smallest absolute Gasteiger partial charge is 0.127 e. The van der Waals surface area contributed by atoms with E-state index in [1.807, 2.05) is 12.1 Å². The van der Waals surface area contributed by atoms with Crippen molar-refractivity contribution in [2.24, 2.45) is 5.92 Å². The molecule has 0 spiro atoms. The monoisotopic (exact) mass is 263 g/mol. The van der Waals surface area contributed by atoms with Crippen LogP contribution in [0.2, 0.25) is 0 Å². The van der Waals surface area contributed by atoms with Gasteiger partial charge in [-0.1, -0.05) is 25.8 Å². The lowest BCUT2D eigenvalue weighted by Gasteiger charge is -2.18. The van der Waals surface area contributed by atoms with E-state index in [2.05, 4.69) is 18.3 Å². The van der Waals surface area contributed by atoms with E-state index in [1.54, 1.807) is 14.2 Å². The van der Waals surface area contributed by atoms with Gasteiger partial charge in [-0.25, -0.2) is 0 Å². The molecule has 1 aliphatic carbocycles. The predicted molar refractivity (Wildman–Crippen MR) is 77.8 cm³/mol. The lowest BCUT2D eigenvalue weighted by atomic mass is 10.1. The summed E-state index contributed by atoms with van der Waals surface area (Å²) in [5, 5.41) is 3.65. The van der Waals surface area contributed by atoms with Crippen molar-refractivity contribution < 1.29 is 9.47 Å². The number of benzene rings is 1. The fourth-order valence-electron chi connectivity index (χ4n) is 2.40. The van der Waals surface area contributed by atoms with Crippen molar-refractivity contribution >= 4 is 0 Å². The highest BCUT2D eigenvalue weighted by atomic mass is 16.5. The maximum atomic E-state index is 5.43. The van der Waals surface area contributed by atoms with Crippen molar-refractivity contribution in [3.8, 4) is 11.5 Å². The van der Waals surface area contributed by atoms with Gasteiger partial charge in [0.25, 0.3) is 0 Å². The molecule has 0 bridgehead atoms. The molecule has 0 heterocycles. The van der Waals surface area contributed by atoms with Gasteiger partial charge >= 0.3 is 0 Å². The predicted octanol–water partition coefficient (Wildman–Crippen LogP) is 3.37. The summed E-state index contributed by atoms with van der Waals surface area (Å²) in [6.45, 7) is 3.11. The Balaban J connectivity index is 1.93. The van der Waals surface area contributed by atoms with Gasteiger partial charge in [-0.2, -0.15) is 0 Å². The minimum atomic E-state index is 0.624. The summed E-state index contributed by atoms with van der Waals surface area (Å²) in [7, 11) is 3.38. The number of hydrogen-bond acceptors (Lipinski definition) is 3. The Morgan fingerprint density at radius 2 is 2.05 bits per heavy atom. The largest absolute Gasteiger partial charge is 0.497 e. The van der Waals surface area contributed by atoms with E-state index in [0.29, 0.717) is 6.04 Å². The second-order valence-electron chi connectivity index (χ2n) is 5.34. The maximum Gasteiger partial charge on any atom is 0.127 e. The second kappa shape index (κ2) is 6.80. The molecule has 1 aliphatic rings. The Kier molecular flexibility index (Phi) is 5.08. The summed E-state index contributed by atoms with van der Waals surface area (Å²) in [4.78, 5) is 0. The van der Waals surface area contributed by atoms with E-state index < -0.39 is 0 Å². The average Bonchev–Trinajstić information content (AvgIpc) is 3.27. The zero-order valence-electron chi connectivity index (χ0n) is 12.2. The van der Waals surface area contributed by atoms with Gasteiger partial charge < -0.3 is 14.8 Å². The fourth-order valence-corrected chi connectivity index (χ4v) is 2.40. The van der Waals surface area contributed by atoms with E-state index in [-0.39, 0.29) is 0 Å². The highest BCUT2D eigenvalue weighted by Crippen LogP contribution is 2.34. The van der Waals surface area contributed by atoms with E-state index in [9.17, 15) is 0 Å². The van der Waals surface area contributed by atoms with Crippen molar-refractivity contribution in [1.29, 1.82) is 0 Å². The van der Waals surface area contributed by atoms with Gasteiger partial charge in [-0.05, 0) is 24.8 Å². The number of nitrogens with one attached hydrogen (secondary N) is 1. The standard InChI is InChI=1S/C16H25NO2/c1-4-14(9-12-5-6-12)17-11-13-7-8-15(18-2)10-16(13)19-3/h7-8,10,12,14,17H,4-6,9,11H2,1-3H3. The molecule has 19 heavy (non-hydrogen) atoms. The van der Waals surface area contributed by atoms with Crippen LogP contribution < -0.4 is 14.8 Å². The quantitative estimate of drug-likeness (QED) is 0.780. The number of methoxy groups -OCH3 is 2. The summed E-state index contributed by atoms with van der Waals surface area (Å²) in [5.41, 5.74) is 1.19. The van der Waals surface area contributed by atoms with E-state index in [1.165, 1.54) is 31.2 Å². The number of ether oxygens (including phenoxy) is 2. The van der Waals surface area contributed by atoms with E-state index >= 15 is 0 Å². The summed E-state index contributed by atoms with van der Waals surface area (Å²) >= 11 is 0. The van der Waals surface area contributed by atoms with E-state index in [4.69, 9.17) is 9.47 Å². The Labute approximate surface area is 116 Å². The molecule has 1 unspecified atom stereocenters. The SMILES string of the molecule is CCC(CC1CC1)NCc1ccc(OC)cc1OC. The van der Waals surface area contributed by atoms with Gasteiger partial charge in [0.2, 0.25) is 0 Å². The van der Waals surface area contributed by atoms with Crippen LogP contribution >= 0.6 is 0 Å². The normalized spacial score (nSPS) is 16.2. The molecule has 0 aliphatic heterocycles. The highest BCUT2D eigenvalue weighted by Gasteiger charge is 2.24. The first kappa shape index (κ1) is 14.2. The van der Waals surface area contributed by atoms with E-state index in [0.717, 1.165) is 24.0 Å². The Bertz CT molecular complexity index is 402. The molecular formula is C16H25NO2. The first-order valence-electron chi connectivity index (χ1n) is 7.21. The van der Waals surface area contributed by atoms with Crippen molar-refractivity contribution in [1.82, 2.24) is 5.32 Å². The summed E-state index contributed by atoms with van der Waals surface area (Å²) in [6.07, 6.45) is 5.35. The molecule has 0 saturated heterocycles. The minimum Gasteiger partial charge on any atom is -0.497 e. The van der Waals surface area contributed by atoms with Crippen molar-refractivity contribution in [2.75, 3.05) is 14.2 Å². The second-order valence-corrected chi connectivity index (χ2v) is 5.34. The van der Waals surface area contributed by atoms with Crippen LogP contribution in [0.4, 0.5) is 0 Å². The molecule has 0 aromatic heterocycles. The lowest BCUT2D eigenvalue weighted by Crippen LogP contribution is -2.28. The first-order valence-corrected chi connectivity index (χ1v) is 7.21. The van der Waals surface area contributed by atoms with Gasteiger partial charge in [-0.15, -0.1) is 0 Å². The molecule has 1 aromatic carbocycles. The fraction of sp³-hybridized carbons (Fsp3) is 0.625. The molecule has 1 saturated carbocycles. The zero-order valence-corrected chi connectivity index (χ0v) is 12.2. The molecule has 0 amide bonds. The maximum absolute atomic E-state index is 5.43. The summed E-state index contributed by atoms with van der Waals surface area (Å²) in [5.74, 6) is 2.70. The minimum absolute atomic E-state index is 0.624. The molecule has 3 nitrogen and oxygen atoms in total. The number of hydrogen-bond donors (Lipinski definition) is 1. The van der Waals surface area contributed by atoms with Crippen LogP contribution in [0.1, 0.15) is 38.2 Å². The van der Waals surface area contributed by atoms with Crippen LogP contribution in [-0.4, -0.2) is 20.3 Å². The van der Waals surface area contributed by atoms with Crippen molar-refractivity contribution in [3.05, 3.63) is 23.8 Å². The molecule has 1 atom stereocenters.